The van der Waals surface area contributed by atoms with Crippen LogP contribution in [0, 0.1) is 0 Å². The van der Waals surface area contributed by atoms with Crippen molar-refractivity contribution < 1.29 is 58.9 Å². The first-order valence-corrected chi connectivity index (χ1v) is 15.0. The summed E-state index contributed by atoms with van der Waals surface area (Å²) < 4.78 is 23.5. The molecule has 4 aliphatic rings. The lowest BCUT2D eigenvalue weighted by atomic mass is 9.71. The second-order valence-corrected chi connectivity index (χ2v) is 12.2. The molecule has 2 aliphatic heterocycles. The Morgan fingerprint density at radius 2 is 1.84 bits per heavy atom. The minimum atomic E-state index is -2.26. The number of methoxy groups -OCH3 is 1. The maximum atomic E-state index is 14.2. The van der Waals surface area contributed by atoms with Crippen LogP contribution in [-0.2, 0) is 25.4 Å². The van der Waals surface area contributed by atoms with Crippen molar-refractivity contribution in [1.29, 1.82) is 0 Å². The molecule has 6 rings (SSSR count). The van der Waals surface area contributed by atoms with Gasteiger partial charge in [0.2, 0.25) is 5.78 Å². The Labute approximate surface area is 258 Å². The third-order valence-electron chi connectivity index (χ3n) is 9.48. The van der Waals surface area contributed by atoms with Crippen molar-refractivity contribution in [2.75, 3.05) is 20.3 Å². The van der Waals surface area contributed by atoms with Crippen LogP contribution in [-0.4, -0.2) is 93.3 Å². The molecule has 2 fully saturated rings. The molecule has 0 amide bonds. The summed E-state index contributed by atoms with van der Waals surface area (Å²) in [4.78, 5) is 40.9. The molecule has 0 aromatic heterocycles. The molecule has 242 valence electrons. The summed E-state index contributed by atoms with van der Waals surface area (Å²) in [5, 5.41) is 54.6. The van der Waals surface area contributed by atoms with Gasteiger partial charge in [0.05, 0.1) is 48.2 Å². The monoisotopic (exact) mass is 627 g/mol. The predicted molar refractivity (Wildman–Crippen MR) is 154 cm³/mol. The number of hydrogen-bond acceptors (Lipinski definition) is 13. The zero-order valence-electron chi connectivity index (χ0n) is 24.9. The van der Waals surface area contributed by atoms with Crippen molar-refractivity contribution in [3.05, 3.63) is 51.1 Å². The molecule has 0 radical (unpaired) electrons. The maximum Gasteiger partial charge on any atom is 0.202 e. The minimum absolute atomic E-state index is 0.00933. The average molecular weight is 628 g/mol. The summed E-state index contributed by atoms with van der Waals surface area (Å²) in [6.07, 6.45) is -3.09. The Morgan fingerprint density at radius 3 is 2.49 bits per heavy atom. The van der Waals surface area contributed by atoms with E-state index in [-0.39, 0.29) is 40.5 Å². The van der Waals surface area contributed by atoms with E-state index in [1.54, 1.807) is 13.0 Å². The van der Waals surface area contributed by atoms with E-state index in [4.69, 9.17) is 24.7 Å². The molecule has 1 unspecified atom stereocenters. The number of aromatic hydroxyl groups is 2. The normalized spacial score (nSPS) is 31.2. The van der Waals surface area contributed by atoms with Crippen molar-refractivity contribution in [3.8, 4) is 17.2 Å². The second-order valence-electron chi connectivity index (χ2n) is 12.2. The van der Waals surface area contributed by atoms with E-state index < -0.39 is 95.7 Å². The molecule has 13 nitrogen and oxygen atoms in total. The van der Waals surface area contributed by atoms with Gasteiger partial charge in [-0.1, -0.05) is 6.07 Å². The average Bonchev–Trinajstić information content (AvgIpc) is 3.03. The maximum absolute atomic E-state index is 14.2. The number of phenols is 2. The Kier molecular flexibility index (Phi) is 8.23. The number of fused-ring (bicyclic) bond motifs is 3. The van der Waals surface area contributed by atoms with Gasteiger partial charge in [0.25, 0.3) is 0 Å². The molecule has 2 saturated heterocycles. The van der Waals surface area contributed by atoms with E-state index in [9.17, 15) is 39.9 Å². The van der Waals surface area contributed by atoms with Gasteiger partial charge in [-0.2, -0.15) is 0 Å². The highest BCUT2D eigenvalue weighted by Crippen LogP contribution is 2.53. The quantitative estimate of drug-likeness (QED) is 0.212. The van der Waals surface area contributed by atoms with Crippen molar-refractivity contribution in [3.63, 3.8) is 0 Å². The molecular formula is C32H37NO12. The van der Waals surface area contributed by atoms with Crippen LogP contribution in [0.3, 0.4) is 0 Å². The van der Waals surface area contributed by atoms with Gasteiger partial charge in [0.1, 0.15) is 29.5 Å². The fraction of sp³-hybridized carbons (Fsp3) is 0.531. The fourth-order valence-electron chi connectivity index (χ4n) is 7.10. The van der Waals surface area contributed by atoms with E-state index in [2.05, 4.69) is 0 Å². The SMILES string of the molecule is COc1c(C2CCCCO2)ccc2c1C(=O)c1c(O)c3c(c(O)c1C2=O)C[C@@](O)(C(=O)CO)C[C@@H]3O[C@H]1C[C@H](N)[C@H](O)[C@H](C)O1. The molecule has 0 spiro atoms. The van der Waals surface area contributed by atoms with E-state index in [1.807, 2.05) is 0 Å². The van der Waals surface area contributed by atoms with E-state index in [0.717, 1.165) is 12.8 Å². The highest BCUT2D eigenvalue weighted by molar-refractivity contribution is 6.31. The van der Waals surface area contributed by atoms with Crippen LogP contribution in [0.5, 0.6) is 17.2 Å². The van der Waals surface area contributed by atoms with Gasteiger partial charge < -0.3 is 50.2 Å². The zero-order chi connectivity index (χ0) is 32.4. The summed E-state index contributed by atoms with van der Waals surface area (Å²) in [5.74, 6) is -3.76. The summed E-state index contributed by atoms with van der Waals surface area (Å²) >= 11 is 0. The van der Waals surface area contributed by atoms with Crippen LogP contribution >= 0.6 is 0 Å². The molecule has 2 aromatic rings. The third-order valence-corrected chi connectivity index (χ3v) is 9.48. The zero-order valence-corrected chi connectivity index (χ0v) is 24.9. The Bertz CT molecular complexity index is 1550. The summed E-state index contributed by atoms with van der Waals surface area (Å²) in [6.45, 7) is 1.09. The van der Waals surface area contributed by atoms with Gasteiger partial charge in [0.15, 0.2) is 17.9 Å². The highest BCUT2D eigenvalue weighted by atomic mass is 16.7. The van der Waals surface area contributed by atoms with Gasteiger partial charge in [0, 0.05) is 54.2 Å². The number of phenolic OH excluding ortho intramolecular Hbond substituents is 2. The molecule has 13 heteroatoms. The summed E-state index contributed by atoms with van der Waals surface area (Å²) in [5.41, 5.74) is 2.98. The number of Topliss-reactive ketones (excluding diaryl/α,β-unsaturated/α-hetero) is 1. The first-order valence-electron chi connectivity index (χ1n) is 15.0. The molecule has 0 bridgehead atoms. The lowest BCUT2D eigenvalue weighted by Crippen LogP contribution is -2.53. The Morgan fingerprint density at radius 1 is 1.11 bits per heavy atom. The summed E-state index contributed by atoms with van der Waals surface area (Å²) in [6, 6.07) is 2.37. The van der Waals surface area contributed by atoms with Gasteiger partial charge in [-0.15, -0.1) is 0 Å². The van der Waals surface area contributed by atoms with E-state index in [0.29, 0.717) is 18.6 Å². The van der Waals surface area contributed by atoms with E-state index >= 15 is 0 Å². The largest absolute Gasteiger partial charge is 0.507 e. The fourth-order valence-corrected chi connectivity index (χ4v) is 7.10. The van der Waals surface area contributed by atoms with Crippen LogP contribution in [0.25, 0.3) is 0 Å². The number of carbonyl (C=O) groups excluding carboxylic acids is 3. The Balaban J connectivity index is 1.50. The van der Waals surface area contributed by atoms with E-state index in [1.165, 1.54) is 13.2 Å². The van der Waals surface area contributed by atoms with Crippen LogP contribution < -0.4 is 10.5 Å². The highest BCUT2D eigenvalue weighted by Gasteiger charge is 2.50. The van der Waals surface area contributed by atoms with Gasteiger partial charge in [-0.25, -0.2) is 0 Å². The van der Waals surface area contributed by atoms with Crippen molar-refractivity contribution in [2.24, 2.45) is 5.73 Å². The van der Waals surface area contributed by atoms with Crippen molar-refractivity contribution in [1.82, 2.24) is 0 Å². The lowest BCUT2D eigenvalue weighted by Gasteiger charge is -2.42. The molecule has 2 aromatic carbocycles. The molecule has 2 heterocycles. The van der Waals surface area contributed by atoms with Crippen LogP contribution in [0.2, 0.25) is 0 Å². The van der Waals surface area contributed by atoms with Gasteiger partial charge >= 0.3 is 0 Å². The van der Waals surface area contributed by atoms with Crippen LogP contribution in [0.1, 0.15) is 99.8 Å². The first-order chi connectivity index (χ1) is 21.4. The number of benzene rings is 2. The number of carbonyl (C=O) groups is 3. The molecule has 2 aliphatic carbocycles. The molecular weight excluding hydrogens is 590 g/mol. The second kappa shape index (κ2) is 11.7. The number of nitrogens with two attached hydrogens (primary N) is 1. The summed E-state index contributed by atoms with van der Waals surface area (Å²) in [7, 11) is 1.37. The third kappa shape index (κ3) is 5.03. The molecule has 45 heavy (non-hydrogen) atoms. The van der Waals surface area contributed by atoms with Crippen LogP contribution in [0.15, 0.2) is 12.1 Å². The predicted octanol–water partition coefficient (Wildman–Crippen LogP) is 1.24. The van der Waals surface area contributed by atoms with Crippen molar-refractivity contribution in [2.45, 2.75) is 87.8 Å². The smallest absolute Gasteiger partial charge is 0.202 e. The van der Waals surface area contributed by atoms with Gasteiger partial charge in [-0.05, 0) is 32.3 Å². The molecule has 7 atom stereocenters. The number of aliphatic hydroxyl groups is 3. The number of aliphatic hydroxyl groups excluding tert-OH is 2. The standard InChI is InChI=1S/C32H37NO12/c1-13-26(36)17(33)9-21(44-13)45-19-11-32(41,20(35)12-34)10-16-22(19)29(39)25-24(28(16)38)27(37)15-7-6-14(18-5-3-4-8-43-18)31(42-2)23(15)30(25)40/h6-7,13,17-19,21,26,34,36,38-39,41H,3-5,8-12,33H2,1-2H3/t13-,17-,18?,19-,21-,26+,32-/m0/s1. The lowest BCUT2D eigenvalue weighted by molar-refractivity contribution is -0.247. The number of ketones is 3. The topological polar surface area (TPSA) is 215 Å². The molecule has 7 N–H and O–H groups in total. The van der Waals surface area contributed by atoms with Crippen molar-refractivity contribution >= 4 is 17.3 Å². The van der Waals surface area contributed by atoms with Crippen LogP contribution in [0.4, 0.5) is 0 Å². The number of rotatable bonds is 6. The molecule has 0 saturated carbocycles. The first kappa shape index (κ1) is 31.5. The minimum Gasteiger partial charge on any atom is -0.507 e. The Hall–Kier alpha value is -3.43. The number of hydrogen-bond donors (Lipinski definition) is 6. The van der Waals surface area contributed by atoms with Gasteiger partial charge in [-0.3, -0.25) is 14.4 Å². The number of ether oxygens (including phenoxy) is 4.